The van der Waals surface area contributed by atoms with E-state index in [0.29, 0.717) is 5.92 Å². The topological polar surface area (TPSA) is 0 Å². The van der Waals surface area contributed by atoms with Crippen LogP contribution >= 0.6 is 11.3 Å². The van der Waals surface area contributed by atoms with Gasteiger partial charge in [-0.1, -0.05) is 32.0 Å². The molecule has 0 nitrogen and oxygen atoms in total. The van der Waals surface area contributed by atoms with Crippen molar-refractivity contribution in [2.45, 2.75) is 39.0 Å². The van der Waals surface area contributed by atoms with Crippen LogP contribution < -0.4 is 0 Å². The summed E-state index contributed by atoms with van der Waals surface area (Å²) in [7, 11) is 0. The minimum absolute atomic E-state index is 0.642. The third kappa shape index (κ3) is 2.04. The summed E-state index contributed by atoms with van der Waals surface area (Å²) in [6.45, 7) is 4.52. The van der Waals surface area contributed by atoms with E-state index in [1.807, 2.05) is 11.3 Å². The summed E-state index contributed by atoms with van der Waals surface area (Å²) < 4.78 is 0. The summed E-state index contributed by atoms with van der Waals surface area (Å²) in [6, 6.07) is 11.6. The van der Waals surface area contributed by atoms with Crippen molar-refractivity contribution in [1.29, 1.82) is 0 Å². The fourth-order valence-corrected chi connectivity index (χ4v) is 3.55. The molecule has 0 fully saturated rings. The maximum atomic E-state index is 2.40. The van der Waals surface area contributed by atoms with Crippen molar-refractivity contribution in [3.8, 4) is 10.4 Å². The van der Waals surface area contributed by atoms with E-state index in [0.717, 1.165) is 0 Å². The zero-order valence-corrected chi connectivity index (χ0v) is 11.3. The van der Waals surface area contributed by atoms with Crippen molar-refractivity contribution in [3.05, 3.63) is 46.3 Å². The lowest BCUT2D eigenvalue weighted by atomic mass is 10.1. The van der Waals surface area contributed by atoms with Crippen molar-refractivity contribution < 1.29 is 0 Å². The Morgan fingerprint density at radius 2 is 1.82 bits per heavy atom. The van der Waals surface area contributed by atoms with E-state index in [-0.39, 0.29) is 0 Å². The molecule has 2 aromatic rings. The minimum Gasteiger partial charge on any atom is -0.140 e. The van der Waals surface area contributed by atoms with Gasteiger partial charge in [-0.15, -0.1) is 11.3 Å². The molecule has 0 amide bonds. The molecule has 17 heavy (non-hydrogen) atoms. The summed E-state index contributed by atoms with van der Waals surface area (Å²) in [4.78, 5) is 2.91. The molecule has 1 aliphatic carbocycles. The first kappa shape index (κ1) is 11.0. The van der Waals surface area contributed by atoms with Gasteiger partial charge in [-0.25, -0.2) is 0 Å². The maximum Gasteiger partial charge on any atom is 0.0345 e. The molecule has 1 heteroatoms. The van der Waals surface area contributed by atoms with Crippen LogP contribution in [0.2, 0.25) is 0 Å². The Balaban J connectivity index is 1.97. The smallest absolute Gasteiger partial charge is 0.0345 e. The summed E-state index contributed by atoms with van der Waals surface area (Å²) >= 11 is 1.94. The van der Waals surface area contributed by atoms with Crippen LogP contribution in [0.5, 0.6) is 0 Å². The molecule has 0 unspecified atom stereocenters. The van der Waals surface area contributed by atoms with Crippen LogP contribution in [-0.2, 0) is 12.8 Å². The SMILES string of the molecule is CC(C)c1ccc(-c2ccc3c(c2)CCC3)s1. The normalized spacial score (nSPS) is 14.3. The van der Waals surface area contributed by atoms with Crippen LogP contribution in [0.3, 0.4) is 0 Å². The first-order valence-electron chi connectivity index (χ1n) is 6.46. The molecule has 0 saturated heterocycles. The monoisotopic (exact) mass is 242 g/mol. The quantitative estimate of drug-likeness (QED) is 0.693. The first-order valence-corrected chi connectivity index (χ1v) is 7.27. The molecule has 3 rings (SSSR count). The van der Waals surface area contributed by atoms with Crippen LogP contribution in [-0.4, -0.2) is 0 Å². The van der Waals surface area contributed by atoms with Gasteiger partial charge in [0.05, 0.1) is 0 Å². The van der Waals surface area contributed by atoms with Gasteiger partial charge in [-0.05, 0) is 54.0 Å². The molecule has 0 saturated carbocycles. The standard InChI is InChI=1S/C16H18S/c1-11(2)15-8-9-16(17-15)14-7-6-12-4-3-5-13(12)10-14/h6-11H,3-5H2,1-2H3. The molecule has 1 heterocycles. The molecule has 0 aliphatic heterocycles. The largest absolute Gasteiger partial charge is 0.140 e. The number of hydrogen-bond donors (Lipinski definition) is 0. The maximum absolute atomic E-state index is 2.40. The van der Waals surface area contributed by atoms with Crippen molar-refractivity contribution in [3.63, 3.8) is 0 Å². The van der Waals surface area contributed by atoms with E-state index >= 15 is 0 Å². The van der Waals surface area contributed by atoms with Crippen molar-refractivity contribution in [1.82, 2.24) is 0 Å². The Bertz CT molecular complexity index is 534. The van der Waals surface area contributed by atoms with Crippen molar-refractivity contribution in [2.24, 2.45) is 0 Å². The Morgan fingerprint density at radius 3 is 2.59 bits per heavy atom. The molecular weight excluding hydrogens is 224 g/mol. The number of aryl methyl sites for hydroxylation is 2. The molecule has 1 aromatic heterocycles. The Labute approximate surface area is 107 Å². The third-order valence-electron chi connectivity index (χ3n) is 3.58. The lowest BCUT2D eigenvalue weighted by molar-refractivity contribution is 0.890. The van der Waals surface area contributed by atoms with Gasteiger partial charge in [0.25, 0.3) is 0 Å². The predicted molar refractivity (Wildman–Crippen MR) is 75.9 cm³/mol. The summed E-state index contributed by atoms with van der Waals surface area (Å²) in [5, 5.41) is 0. The van der Waals surface area contributed by atoms with Gasteiger partial charge in [0.15, 0.2) is 0 Å². The number of thiophene rings is 1. The van der Waals surface area contributed by atoms with Crippen LogP contribution in [0, 0.1) is 0 Å². The van der Waals surface area contributed by atoms with Gasteiger partial charge in [-0.3, -0.25) is 0 Å². The highest BCUT2D eigenvalue weighted by Gasteiger charge is 2.12. The zero-order chi connectivity index (χ0) is 11.8. The number of rotatable bonds is 2. The van der Waals surface area contributed by atoms with Gasteiger partial charge in [0.2, 0.25) is 0 Å². The molecule has 0 atom stereocenters. The molecule has 0 bridgehead atoms. The highest BCUT2D eigenvalue weighted by atomic mass is 32.1. The number of benzene rings is 1. The highest BCUT2D eigenvalue weighted by molar-refractivity contribution is 7.15. The second-order valence-corrected chi connectivity index (χ2v) is 6.31. The molecule has 88 valence electrons. The van der Waals surface area contributed by atoms with Crippen LogP contribution in [0.1, 0.15) is 42.2 Å². The summed E-state index contributed by atoms with van der Waals surface area (Å²) in [6.07, 6.45) is 3.88. The lowest BCUT2D eigenvalue weighted by Gasteiger charge is -2.03. The van der Waals surface area contributed by atoms with E-state index in [1.165, 1.54) is 34.6 Å². The Hall–Kier alpha value is -1.08. The Morgan fingerprint density at radius 1 is 1.00 bits per heavy atom. The van der Waals surface area contributed by atoms with Crippen LogP contribution in [0.15, 0.2) is 30.3 Å². The summed E-state index contributed by atoms with van der Waals surface area (Å²) in [5.74, 6) is 0.642. The molecule has 1 aliphatic rings. The van der Waals surface area contributed by atoms with Crippen molar-refractivity contribution in [2.75, 3.05) is 0 Å². The van der Waals surface area contributed by atoms with Gasteiger partial charge in [-0.2, -0.15) is 0 Å². The van der Waals surface area contributed by atoms with Gasteiger partial charge in [0.1, 0.15) is 0 Å². The zero-order valence-electron chi connectivity index (χ0n) is 10.5. The molecule has 0 N–H and O–H groups in total. The van der Waals surface area contributed by atoms with Gasteiger partial charge >= 0.3 is 0 Å². The van der Waals surface area contributed by atoms with E-state index in [4.69, 9.17) is 0 Å². The fourth-order valence-electron chi connectivity index (χ4n) is 2.54. The molecule has 0 radical (unpaired) electrons. The Kier molecular flexibility index (Phi) is 2.79. The first-order chi connectivity index (χ1) is 8.24. The van der Waals surface area contributed by atoms with Crippen LogP contribution in [0.4, 0.5) is 0 Å². The van der Waals surface area contributed by atoms with E-state index in [9.17, 15) is 0 Å². The van der Waals surface area contributed by atoms with E-state index in [2.05, 4.69) is 44.2 Å². The molecular formula is C16H18S. The average molecular weight is 242 g/mol. The molecule has 0 spiro atoms. The fraction of sp³-hybridized carbons (Fsp3) is 0.375. The number of fused-ring (bicyclic) bond motifs is 1. The lowest BCUT2D eigenvalue weighted by Crippen LogP contribution is -1.82. The van der Waals surface area contributed by atoms with E-state index in [1.54, 1.807) is 11.1 Å². The van der Waals surface area contributed by atoms with Crippen LogP contribution in [0.25, 0.3) is 10.4 Å². The predicted octanol–water partition coefficient (Wildman–Crippen LogP) is 5.03. The minimum atomic E-state index is 0.642. The second kappa shape index (κ2) is 4.30. The van der Waals surface area contributed by atoms with Gasteiger partial charge in [0, 0.05) is 9.75 Å². The third-order valence-corrected chi connectivity index (χ3v) is 5.01. The van der Waals surface area contributed by atoms with E-state index < -0.39 is 0 Å². The van der Waals surface area contributed by atoms with Gasteiger partial charge < -0.3 is 0 Å². The highest BCUT2D eigenvalue weighted by Crippen LogP contribution is 2.34. The number of hydrogen-bond acceptors (Lipinski definition) is 1. The summed E-state index contributed by atoms with van der Waals surface area (Å²) in [5.41, 5.74) is 4.54. The second-order valence-electron chi connectivity index (χ2n) is 5.19. The molecule has 1 aromatic carbocycles. The average Bonchev–Trinajstić information content (AvgIpc) is 2.97. The van der Waals surface area contributed by atoms with Crippen molar-refractivity contribution >= 4 is 11.3 Å².